The molecule has 1 N–H and O–H groups in total. The fraction of sp³-hybridized carbons (Fsp3) is 0.333. The van der Waals surface area contributed by atoms with Crippen molar-refractivity contribution in [1.82, 2.24) is 14.9 Å². The predicted molar refractivity (Wildman–Crippen MR) is 106 cm³/mol. The zero-order valence-corrected chi connectivity index (χ0v) is 15.8. The third-order valence-electron chi connectivity index (χ3n) is 5.40. The molecule has 1 aliphatic heterocycles. The summed E-state index contributed by atoms with van der Waals surface area (Å²) in [4.78, 5) is 21.3. The minimum atomic E-state index is -0.0469. The van der Waals surface area contributed by atoms with E-state index in [4.69, 9.17) is 4.98 Å². The average molecular weight is 366 g/mol. The van der Waals surface area contributed by atoms with Crippen LogP contribution in [-0.4, -0.2) is 28.0 Å². The lowest BCUT2D eigenvalue weighted by Gasteiger charge is -2.41. The first kappa shape index (κ1) is 17.2. The summed E-state index contributed by atoms with van der Waals surface area (Å²) in [6.45, 7) is 4.99. The van der Waals surface area contributed by atoms with Gasteiger partial charge in [-0.3, -0.25) is 9.69 Å². The molecular formula is C21H23N3OS. The molecule has 5 heteroatoms. The van der Waals surface area contributed by atoms with Gasteiger partial charge in [-0.1, -0.05) is 36.4 Å². The number of nitrogens with zero attached hydrogens (tertiary/aromatic N) is 2. The van der Waals surface area contributed by atoms with E-state index in [-0.39, 0.29) is 11.0 Å². The van der Waals surface area contributed by atoms with Gasteiger partial charge in [0.1, 0.15) is 0 Å². The second-order valence-corrected chi connectivity index (χ2v) is 8.10. The topological polar surface area (TPSA) is 49.0 Å². The van der Waals surface area contributed by atoms with Gasteiger partial charge in [-0.05, 0) is 44.0 Å². The first-order valence-corrected chi connectivity index (χ1v) is 9.92. The monoisotopic (exact) mass is 365 g/mol. The van der Waals surface area contributed by atoms with E-state index in [1.54, 1.807) is 17.4 Å². The molecule has 0 radical (unpaired) electrons. The smallest absolute Gasteiger partial charge is 0.247 e. The van der Waals surface area contributed by atoms with E-state index in [2.05, 4.69) is 52.5 Å². The van der Waals surface area contributed by atoms with Crippen LogP contribution in [0.25, 0.3) is 0 Å². The fourth-order valence-electron chi connectivity index (χ4n) is 3.93. The molecule has 4 rings (SSSR count). The Morgan fingerprint density at radius 3 is 2.54 bits per heavy atom. The highest BCUT2D eigenvalue weighted by Gasteiger charge is 2.39. The summed E-state index contributed by atoms with van der Waals surface area (Å²) in [6.07, 6.45) is 3.94. The minimum Gasteiger partial charge on any atom is -0.329 e. The summed E-state index contributed by atoms with van der Waals surface area (Å²) in [5, 5.41) is 3.37. The van der Waals surface area contributed by atoms with Gasteiger partial charge in [0, 0.05) is 29.6 Å². The fourth-order valence-corrected chi connectivity index (χ4v) is 4.64. The lowest BCUT2D eigenvalue weighted by molar-refractivity contribution is 0.170. The largest absolute Gasteiger partial charge is 0.329 e. The van der Waals surface area contributed by atoms with E-state index in [0.717, 1.165) is 43.0 Å². The first-order chi connectivity index (χ1) is 12.7. The number of nitrogens with one attached hydrogen (secondary N) is 1. The molecule has 0 spiro atoms. The molecule has 0 bridgehead atoms. The van der Waals surface area contributed by atoms with Gasteiger partial charge in [-0.15, -0.1) is 11.3 Å². The van der Waals surface area contributed by atoms with Crippen molar-refractivity contribution in [3.05, 3.63) is 86.2 Å². The maximum absolute atomic E-state index is 11.2. The van der Waals surface area contributed by atoms with Crippen LogP contribution in [-0.2, 0) is 12.0 Å². The van der Waals surface area contributed by atoms with Crippen LogP contribution < -0.4 is 5.56 Å². The van der Waals surface area contributed by atoms with Gasteiger partial charge in [0.25, 0.3) is 0 Å². The van der Waals surface area contributed by atoms with E-state index >= 15 is 0 Å². The molecule has 1 aliphatic rings. The molecule has 26 heavy (non-hydrogen) atoms. The van der Waals surface area contributed by atoms with Crippen LogP contribution in [0.1, 0.15) is 34.7 Å². The lowest BCUT2D eigenvalue weighted by atomic mass is 9.70. The molecular weight excluding hydrogens is 342 g/mol. The Hall–Kier alpha value is -2.24. The molecule has 0 unspecified atom stereocenters. The summed E-state index contributed by atoms with van der Waals surface area (Å²) in [6, 6.07) is 14.3. The maximum Gasteiger partial charge on any atom is 0.247 e. The van der Waals surface area contributed by atoms with Crippen LogP contribution >= 0.6 is 11.3 Å². The number of aryl methyl sites for hydroxylation is 1. The highest BCUT2D eigenvalue weighted by molar-refractivity contribution is 7.09. The molecule has 2 aromatic heterocycles. The summed E-state index contributed by atoms with van der Waals surface area (Å²) in [7, 11) is 0. The molecule has 0 atom stereocenters. The second-order valence-electron chi connectivity index (χ2n) is 7.04. The summed E-state index contributed by atoms with van der Waals surface area (Å²) < 4.78 is 0. The summed E-state index contributed by atoms with van der Waals surface area (Å²) in [5.41, 5.74) is 3.70. The van der Waals surface area contributed by atoms with E-state index in [9.17, 15) is 4.79 Å². The number of thiazole rings is 1. The molecule has 1 saturated heterocycles. The van der Waals surface area contributed by atoms with Gasteiger partial charge >= 0.3 is 0 Å². The highest BCUT2D eigenvalue weighted by Crippen LogP contribution is 2.42. The summed E-state index contributed by atoms with van der Waals surface area (Å²) in [5.74, 6) is 0. The van der Waals surface area contributed by atoms with Gasteiger partial charge in [0.2, 0.25) is 5.56 Å². The third kappa shape index (κ3) is 3.37. The molecule has 4 nitrogen and oxygen atoms in total. The predicted octanol–water partition coefficient (Wildman–Crippen LogP) is 3.72. The zero-order chi connectivity index (χ0) is 18.0. The van der Waals surface area contributed by atoms with Crippen molar-refractivity contribution < 1.29 is 0 Å². The number of aromatic nitrogens is 2. The molecule has 3 heterocycles. The molecule has 1 aromatic carbocycles. The number of aromatic amines is 1. The van der Waals surface area contributed by atoms with E-state index in [1.807, 2.05) is 12.3 Å². The number of benzene rings is 1. The molecule has 0 saturated carbocycles. The van der Waals surface area contributed by atoms with Crippen LogP contribution in [0.4, 0.5) is 0 Å². The van der Waals surface area contributed by atoms with E-state index in [1.165, 1.54) is 11.3 Å². The van der Waals surface area contributed by atoms with Gasteiger partial charge in [0.15, 0.2) is 0 Å². The second kappa shape index (κ2) is 7.17. The van der Waals surface area contributed by atoms with Gasteiger partial charge < -0.3 is 4.98 Å². The Bertz CT molecular complexity index is 903. The zero-order valence-electron chi connectivity index (χ0n) is 14.9. The van der Waals surface area contributed by atoms with Crippen molar-refractivity contribution >= 4 is 11.3 Å². The SMILES string of the molecule is Cc1nc(C2(c3ccccc3)CCN(Cc3ccc(=O)[nH]c3)CC2)cs1. The molecule has 3 aromatic rings. The number of hydrogen-bond donors (Lipinski definition) is 1. The Morgan fingerprint density at radius 1 is 1.15 bits per heavy atom. The quantitative estimate of drug-likeness (QED) is 0.766. The summed E-state index contributed by atoms with van der Waals surface area (Å²) >= 11 is 1.74. The minimum absolute atomic E-state index is 0.00746. The Labute approximate surface area is 157 Å². The van der Waals surface area contributed by atoms with Crippen molar-refractivity contribution in [3.63, 3.8) is 0 Å². The Morgan fingerprint density at radius 2 is 1.92 bits per heavy atom. The number of hydrogen-bond acceptors (Lipinski definition) is 4. The van der Waals surface area contributed by atoms with Crippen molar-refractivity contribution in [1.29, 1.82) is 0 Å². The van der Waals surface area contributed by atoms with Crippen molar-refractivity contribution in [2.24, 2.45) is 0 Å². The van der Waals surface area contributed by atoms with Crippen molar-refractivity contribution in [2.75, 3.05) is 13.1 Å². The average Bonchev–Trinajstić information content (AvgIpc) is 3.12. The number of likely N-dealkylation sites (tertiary alicyclic amines) is 1. The lowest BCUT2D eigenvalue weighted by Crippen LogP contribution is -2.43. The number of H-pyrrole nitrogens is 1. The van der Waals surface area contributed by atoms with Crippen molar-refractivity contribution in [2.45, 2.75) is 31.7 Å². The van der Waals surface area contributed by atoms with Crippen LogP contribution in [0.2, 0.25) is 0 Å². The Kier molecular flexibility index (Phi) is 4.74. The van der Waals surface area contributed by atoms with Gasteiger partial charge in [-0.25, -0.2) is 4.98 Å². The van der Waals surface area contributed by atoms with Crippen LogP contribution in [0.15, 0.2) is 58.8 Å². The molecule has 1 fully saturated rings. The standard InChI is InChI=1S/C21H23N3OS/c1-16-23-19(15-26-16)21(18-5-3-2-4-6-18)9-11-24(12-10-21)14-17-7-8-20(25)22-13-17/h2-8,13,15H,9-12,14H2,1H3,(H,22,25). The normalized spacial score (nSPS) is 17.3. The first-order valence-electron chi connectivity index (χ1n) is 9.04. The van der Waals surface area contributed by atoms with Crippen LogP contribution in [0.3, 0.4) is 0 Å². The Balaban J connectivity index is 1.56. The van der Waals surface area contributed by atoms with Gasteiger partial charge in [0.05, 0.1) is 10.7 Å². The third-order valence-corrected chi connectivity index (χ3v) is 6.17. The number of rotatable bonds is 4. The number of piperidine rings is 1. The highest BCUT2D eigenvalue weighted by atomic mass is 32.1. The van der Waals surface area contributed by atoms with Crippen molar-refractivity contribution in [3.8, 4) is 0 Å². The molecule has 134 valence electrons. The maximum atomic E-state index is 11.2. The van der Waals surface area contributed by atoms with E-state index in [0.29, 0.717) is 0 Å². The van der Waals surface area contributed by atoms with Crippen LogP contribution in [0.5, 0.6) is 0 Å². The number of pyridine rings is 1. The molecule has 0 aliphatic carbocycles. The molecule has 0 amide bonds. The van der Waals surface area contributed by atoms with Gasteiger partial charge in [-0.2, -0.15) is 0 Å². The van der Waals surface area contributed by atoms with Crippen LogP contribution in [0, 0.1) is 6.92 Å². The van der Waals surface area contributed by atoms with E-state index < -0.39 is 0 Å².